The van der Waals surface area contributed by atoms with Crippen LogP contribution in [0.15, 0.2) is 42.7 Å². The van der Waals surface area contributed by atoms with Gasteiger partial charge in [0, 0.05) is 31.3 Å². The maximum Gasteiger partial charge on any atom is 0.408 e. The number of pyridine rings is 1. The summed E-state index contributed by atoms with van der Waals surface area (Å²) in [4.78, 5) is 17.6. The highest BCUT2D eigenvalue weighted by atomic mass is 19.4. The average molecular weight is 518 g/mol. The van der Waals surface area contributed by atoms with Crippen LogP contribution >= 0.6 is 0 Å². The Labute approximate surface area is 202 Å². The van der Waals surface area contributed by atoms with Gasteiger partial charge in [-0.2, -0.15) is 31.3 Å². The van der Waals surface area contributed by atoms with E-state index in [9.17, 15) is 36.2 Å². The number of hydrogen-bond donors (Lipinski definition) is 2. The van der Waals surface area contributed by atoms with Gasteiger partial charge in [-0.25, -0.2) is 4.79 Å². The van der Waals surface area contributed by atoms with Crippen molar-refractivity contribution in [2.24, 2.45) is 0 Å². The van der Waals surface area contributed by atoms with Gasteiger partial charge in [-0.3, -0.25) is 4.40 Å². The predicted molar refractivity (Wildman–Crippen MR) is 119 cm³/mol. The summed E-state index contributed by atoms with van der Waals surface area (Å²) in [5.74, 6) is 0.195. The molecule has 0 aliphatic carbocycles. The van der Waals surface area contributed by atoms with E-state index in [1.54, 1.807) is 53.2 Å². The Hall–Kier alpha value is -3.64. The van der Waals surface area contributed by atoms with Crippen LogP contribution in [-0.4, -0.2) is 57.5 Å². The van der Waals surface area contributed by atoms with Gasteiger partial charge in [0.05, 0.1) is 13.3 Å². The molecule has 13 heteroatoms. The number of aromatic hydroxyl groups is 1. The molecule has 0 aliphatic heterocycles. The molecular formula is C23H24F6N4O3. The fraction of sp³-hybridized carbons (Fsp3) is 0.391. The molecule has 1 atom stereocenters. The molecule has 0 saturated heterocycles. The molecule has 3 rings (SSSR count). The van der Waals surface area contributed by atoms with E-state index in [-0.39, 0.29) is 19.0 Å². The molecule has 7 nitrogen and oxygen atoms in total. The Morgan fingerprint density at radius 3 is 2.50 bits per heavy atom. The molecule has 3 aromatic rings. The van der Waals surface area contributed by atoms with Gasteiger partial charge in [-0.1, -0.05) is 18.2 Å². The lowest BCUT2D eigenvalue weighted by molar-refractivity contribution is -0.171. The fourth-order valence-electron chi connectivity index (χ4n) is 3.63. The van der Waals surface area contributed by atoms with Crippen LogP contribution in [0.25, 0.3) is 16.8 Å². The van der Waals surface area contributed by atoms with E-state index >= 15 is 0 Å². The fourth-order valence-corrected chi connectivity index (χ4v) is 3.63. The molecule has 196 valence electrons. The van der Waals surface area contributed by atoms with Crippen molar-refractivity contribution >= 4 is 11.7 Å². The molecule has 0 aliphatic rings. The van der Waals surface area contributed by atoms with Gasteiger partial charge in [0.15, 0.2) is 11.4 Å². The van der Waals surface area contributed by atoms with Gasteiger partial charge < -0.3 is 20.1 Å². The van der Waals surface area contributed by atoms with Crippen molar-refractivity contribution in [2.75, 3.05) is 13.7 Å². The standard InChI is InChI=1S/C23H24F6N4O3/c1-3-32(21(35)30-18(23(27,28)29)7-8-22(24,25)26)11-14-5-4-6-15(9-14)16-10-17(36-2)20-31-19(34)13-33(20)12-16/h4-6,9-10,12-13,18,34H,3,7-8,11H2,1-2H3,(H,30,35). The molecular weight excluding hydrogens is 494 g/mol. The highest BCUT2D eigenvalue weighted by Gasteiger charge is 2.43. The van der Waals surface area contributed by atoms with Crippen LogP contribution in [0.1, 0.15) is 25.3 Å². The number of nitrogens with zero attached hydrogens (tertiary/aromatic N) is 3. The van der Waals surface area contributed by atoms with E-state index in [1.807, 2.05) is 0 Å². The maximum absolute atomic E-state index is 13.2. The number of benzene rings is 1. The van der Waals surface area contributed by atoms with E-state index in [0.29, 0.717) is 28.1 Å². The first kappa shape index (κ1) is 27.0. The second kappa shape index (κ2) is 10.5. The molecule has 2 amide bonds. The van der Waals surface area contributed by atoms with Crippen LogP contribution in [0.3, 0.4) is 0 Å². The highest BCUT2D eigenvalue weighted by molar-refractivity contribution is 5.75. The number of ether oxygens (including phenoxy) is 1. The molecule has 0 saturated carbocycles. The number of amides is 2. The minimum absolute atomic E-state index is 0.0218. The average Bonchev–Trinajstić information content (AvgIpc) is 3.18. The van der Waals surface area contributed by atoms with E-state index in [4.69, 9.17) is 4.74 Å². The maximum atomic E-state index is 13.2. The number of fused-ring (bicyclic) bond motifs is 1. The molecule has 0 bridgehead atoms. The number of urea groups is 1. The number of alkyl halides is 6. The topological polar surface area (TPSA) is 79.1 Å². The van der Waals surface area contributed by atoms with Crippen LogP contribution in [-0.2, 0) is 6.54 Å². The van der Waals surface area contributed by atoms with Crippen LogP contribution < -0.4 is 10.1 Å². The van der Waals surface area contributed by atoms with Gasteiger partial charge in [0.1, 0.15) is 6.04 Å². The number of imidazole rings is 1. The number of carbonyl (C=O) groups excluding carboxylic acids is 1. The smallest absolute Gasteiger partial charge is 0.408 e. The third-order valence-corrected chi connectivity index (χ3v) is 5.44. The summed E-state index contributed by atoms with van der Waals surface area (Å²) in [6.45, 7) is 1.49. The minimum Gasteiger partial charge on any atom is -0.493 e. The summed E-state index contributed by atoms with van der Waals surface area (Å²) in [5, 5.41) is 11.4. The number of nitrogens with one attached hydrogen (secondary N) is 1. The predicted octanol–water partition coefficient (Wildman–Crippen LogP) is 5.52. The second-order valence-electron chi connectivity index (χ2n) is 8.04. The summed E-state index contributed by atoms with van der Waals surface area (Å²) in [6.07, 6.45) is -9.69. The zero-order valence-corrected chi connectivity index (χ0v) is 19.3. The first-order valence-electron chi connectivity index (χ1n) is 10.8. The molecule has 2 heterocycles. The molecule has 0 spiro atoms. The van der Waals surface area contributed by atoms with Gasteiger partial charge >= 0.3 is 18.4 Å². The Bertz CT molecular complexity index is 1210. The summed E-state index contributed by atoms with van der Waals surface area (Å²) in [7, 11) is 1.45. The number of methoxy groups -OCH3 is 1. The number of hydrogen-bond acceptors (Lipinski definition) is 4. The van der Waals surface area contributed by atoms with Crippen molar-refractivity contribution in [3.05, 3.63) is 48.3 Å². The SMILES string of the molecule is CCN(Cc1cccc(-c2cc(OC)c3nc(O)cn3c2)c1)C(=O)NC(CCC(F)(F)F)C(F)(F)F. The third kappa shape index (κ3) is 6.73. The van der Waals surface area contributed by atoms with E-state index in [0.717, 1.165) is 4.90 Å². The normalized spacial score (nSPS) is 13.0. The quantitative estimate of drug-likeness (QED) is 0.385. The monoisotopic (exact) mass is 518 g/mol. The molecule has 0 radical (unpaired) electrons. The molecule has 1 unspecified atom stereocenters. The van der Waals surface area contributed by atoms with Crippen molar-refractivity contribution in [2.45, 2.75) is 44.7 Å². The second-order valence-corrected chi connectivity index (χ2v) is 8.04. The first-order valence-corrected chi connectivity index (χ1v) is 10.8. The van der Waals surface area contributed by atoms with Crippen LogP contribution in [0.4, 0.5) is 31.1 Å². The molecule has 0 fully saturated rings. The van der Waals surface area contributed by atoms with E-state index in [2.05, 4.69) is 4.98 Å². The largest absolute Gasteiger partial charge is 0.493 e. The lowest BCUT2D eigenvalue weighted by Gasteiger charge is -2.27. The summed E-state index contributed by atoms with van der Waals surface area (Å²) in [6, 6.07) is 4.80. The van der Waals surface area contributed by atoms with Crippen molar-refractivity contribution in [1.82, 2.24) is 19.6 Å². The van der Waals surface area contributed by atoms with Gasteiger partial charge in [-0.05, 0) is 36.6 Å². The van der Waals surface area contributed by atoms with Gasteiger partial charge in [0.2, 0.25) is 5.88 Å². The van der Waals surface area contributed by atoms with Crippen molar-refractivity contribution in [3.8, 4) is 22.8 Å². The van der Waals surface area contributed by atoms with Crippen LogP contribution in [0, 0.1) is 0 Å². The summed E-state index contributed by atoms with van der Waals surface area (Å²) >= 11 is 0. The number of halogens is 6. The Morgan fingerprint density at radius 2 is 1.89 bits per heavy atom. The molecule has 2 aromatic heterocycles. The number of rotatable bonds is 8. The highest BCUT2D eigenvalue weighted by Crippen LogP contribution is 2.31. The zero-order valence-electron chi connectivity index (χ0n) is 19.3. The Balaban J connectivity index is 1.79. The van der Waals surface area contributed by atoms with E-state index < -0.39 is 37.3 Å². The minimum atomic E-state index is -5.03. The lowest BCUT2D eigenvalue weighted by Crippen LogP contribution is -2.50. The van der Waals surface area contributed by atoms with Crippen molar-refractivity contribution in [1.29, 1.82) is 0 Å². The Kier molecular flexibility index (Phi) is 7.89. The van der Waals surface area contributed by atoms with E-state index in [1.165, 1.54) is 13.3 Å². The van der Waals surface area contributed by atoms with Crippen LogP contribution in [0.2, 0.25) is 0 Å². The van der Waals surface area contributed by atoms with Gasteiger partial charge in [0.25, 0.3) is 0 Å². The summed E-state index contributed by atoms with van der Waals surface area (Å²) < 4.78 is 84.0. The van der Waals surface area contributed by atoms with Gasteiger partial charge in [-0.15, -0.1) is 0 Å². The number of aromatic nitrogens is 2. The molecule has 1 aromatic carbocycles. The molecule has 2 N–H and O–H groups in total. The van der Waals surface area contributed by atoms with Crippen LogP contribution in [0.5, 0.6) is 11.6 Å². The summed E-state index contributed by atoms with van der Waals surface area (Å²) in [5.41, 5.74) is 2.34. The number of carbonyl (C=O) groups is 1. The lowest BCUT2D eigenvalue weighted by atomic mass is 10.0. The zero-order chi connectivity index (χ0) is 26.7. The van der Waals surface area contributed by atoms with Crippen molar-refractivity contribution in [3.63, 3.8) is 0 Å². The third-order valence-electron chi connectivity index (χ3n) is 5.44. The first-order chi connectivity index (χ1) is 16.8. The Morgan fingerprint density at radius 1 is 1.17 bits per heavy atom. The molecule has 36 heavy (non-hydrogen) atoms. The van der Waals surface area contributed by atoms with Crippen molar-refractivity contribution < 1.29 is 41.0 Å².